The Kier molecular flexibility index (Phi) is 6.02. The molecule has 7 heteroatoms. The van der Waals surface area contributed by atoms with Gasteiger partial charge in [0.2, 0.25) is 0 Å². The van der Waals surface area contributed by atoms with Gasteiger partial charge in [-0.3, -0.25) is 0 Å². The number of benzene rings is 2. The fraction of sp³-hybridized carbons (Fsp3) is 0.320. The first-order valence-corrected chi connectivity index (χ1v) is 11.4. The number of carboxylic acids is 1. The average molecular weight is 451 g/mol. The number of carbonyl (C=O) groups excluding carboxylic acids is 1. The number of hydrogen-bond acceptors (Lipinski definition) is 5. The maximum atomic E-state index is 12.5. The molecule has 1 unspecified atom stereocenters. The fourth-order valence-corrected chi connectivity index (χ4v) is 4.86. The molecule has 3 aromatic rings. The highest BCUT2D eigenvalue weighted by molar-refractivity contribution is 7.09. The second-order valence-corrected chi connectivity index (χ2v) is 9.82. The van der Waals surface area contributed by atoms with Gasteiger partial charge in [0.05, 0.1) is 10.7 Å². The molecule has 2 aromatic carbocycles. The molecule has 0 spiro atoms. The Balaban J connectivity index is 1.41. The Labute approximate surface area is 191 Å². The molecule has 0 aliphatic heterocycles. The summed E-state index contributed by atoms with van der Waals surface area (Å²) in [5.74, 6) is -1.20. The normalized spacial score (nSPS) is 13.8. The molecule has 1 aliphatic rings. The van der Waals surface area contributed by atoms with E-state index < -0.39 is 18.1 Å². The minimum absolute atomic E-state index is 0.0793. The van der Waals surface area contributed by atoms with Gasteiger partial charge in [-0.25, -0.2) is 14.6 Å². The number of nitrogens with one attached hydrogen (secondary N) is 1. The SMILES string of the molecule is CC(C)(C)c1nc(CC(NC(=O)OCC2c3ccccc3-c3ccccc32)C(=O)O)cs1. The molecular formula is C25H26N2O4S. The van der Waals surface area contributed by atoms with E-state index in [0.717, 1.165) is 27.3 Å². The number of alkyl carbamates (subject to hydrolysis) is 1. The molecule has 1 amide bonds. The van der Waals surface area contributed by atoms with Gasteiger partial charge in [0.15, 0.2) is 0 Å². The molecule has 2 N–H and O–H groups in total. The molecule has 1 atom stereocenters. The van der Waals surface area contributed by atoms with Crippen molar-refractivity contribution in [2.24, 2.45) is 0 Å². The Bertz CT molecular complexity index is 1100. The number of amides is 1. The van der Waals surface area contributed by atoms with Gasteiger partial charge in [0.25, 0.3) is 0 Å². The van der Waals surface area contributed by atoms with Crippen LogP contribution >= 0.6 is 11.3 Å². The van der Waals surface area contributed by atoms with Crippen LogP contribution in [0.5, 0.6) is 0 Å². The monoisotopic (exact) mass is 450 g/mol. The zero-order valence-corrected chi connectivity index (χ0v) is 19.1. The molecule has 1 aromatic heterocycles. The maximum Gasteiger partial charge on any atom is 0.407 e. The summed E-state index contributed by atoms with van der Waals surface area (Å²) in [7, 11) is 0. The quantitative estimate of drug-likeness (QED) is 0.553. The molecule has 166 valence electrons. The number of ether oxygens (including phenoxy) is 1. The minimum Gasteiger partial charge on any atom is -0.480 e. The number of hydrogen-bond donors (Lipinski definition) is 2. The molecule has 0 bridgehead atoms. The van der Waals surface area contributed by atoms with Crippen molar-refractivity contribution in [1.82, 2.24) is 10.3 Å². The molecule has 0 fully saturated rings. The Morgan fingerprint density at radius 2 is 1.69 bits per heavy atom. The Morgan fingerprint density at radius 3 is 2.22 bits per heavy atom. The second-order valence-electron chi connectivity index (χ2n) is 8.96. The molecular weight excluding hydrogens is 424 g/mol. The first-order chi connectivity index (χ1) is 15.2. The smallest absolute Gasteiger partial charge is 0.407 e. The fourth-order valence-electron chi connectivity index (χ4n) is 3.94. The molecule has 0 saturated heterocycles. The van der Waals surface area contributed by atoms with E-state index in [1.54, 1.807) is 0 Å². The number of thiazole rings is 1. The number of aliphatic carboxylic acids is 1. The standard InChI is InChI=1S/C25H26N2O4S/c1-25(2,3)23-26-15(14-32-23)12-21(22(28)29)27-24(30)31-13-20-18-10-6-4-8-16(18)17-9-5-7-11-19(17)20/h4-11,14,20-21H,12-13H2,1-3H3,(H,27,30)(H,28,29). The molecule has 1 heterocycles. The maximum absolute atomic E-state index is 12.5. The highest BCUT2D eigenvalue weighted by atomic mass is 32.1. The van der Waals surface area contributed by atoms with Crippen molar-refractivity contribution in [3.63, 3.8) is 0 Å². The van der Waals surface area contributed by atoms with Crippen molar-refractivity contribution in [1.29, 1.82) is 0 Å². The van der Waals surface area contributed by atoms with Crippen molar-refractivity contribution < 1.29 is 19.4 Å². The Hall–Kier alpha value is -3.19. The van der Waals surface area contributed by atoms with E-state index in [-0.39, 0.29) is 24.4 Å². The summed E-state index contributed by atoms with van der Waals surface area (Å²) in [6.07, 6.45) is -0.642. The van der Waals surface area contributed by atoms with Crippen molar-refractivity contribution in [2.75, 3.05) is 6.61 Å². The van der Waals surface area contributed by atoms with Gasteiger partial charge >= 0.3 is 12.1 Å². The van der Waals surface area contributed by atoms with Crippen LogP contribution in [0.25, 0.3) is 11.1 Å². The number of aromatic nitrogens is 1. The van der Waals surface area contributed by atoms with Crippen molar-refractivity contribution in [3.8, 4) is 11.1 Å². The lowest BCUT2D eigenvalue weighted by atomic mass is 9.98. The van der Waals surface area contributed by atoms with Gasteiger partial charge in [-0.15, -0.1) is 11.3 Å². The zero-order valence-electron chi connectivity index (χ0n) is 18.3. The van der Waals surface area contributed by atoms with Crippen molar-refractivity contribution in [2.45, 2.75) is 44.6 Å². The van der Waals surface area contributed by atoms with E-state index in [4.69, 9.17) is 4.74 Å². The van der Waals surface area contributed by atoms with E-state index in [1.807, 2.05) is 41.8 Å². The number of rotatable bonds is 6. The van der Waals surface area contributed by atoms with Gasteiger partial charge in [-0.05, 0) is 22.3 Å². The molecule has 4 rings (SSSR count). The highest BCUT2D eigenvalue weighted by Gasteiger charge is 2.30. The summed E-state index contributed by atoms with van der Waals surface area (Å²) in [6.45, 7) is 6.30. The van der Waals surface area contributed by atoms with Crippen LogP contribution in [0.1, 0.15) is 48.5 Å². The molecule has 0 saturated carbocycles. The van der Waals surface area contributed by atoms with Gasteiger partial charge < -0.3 is 15.2 Å². The predicted molar refractivity (Wildman–Crippen MR) is 124 cm³/mol. The highest BCUT2D eigenvalue weighted by Crippen LogP contribution is 2.44. The summed E-state index contributed by atoms with van der Waals surface area (Å²) in [6, 6.07) is 15.0. The van der Waals surface area contributed by atoms with Crippen LogP contribution in [-0.4, -0.2) is 34.8 Å². The van der Waals surface area contributed by atoms with E-state index >= 15 is 0 Å². The van der Waals surface area contributed by atoms with Crippen LogP contribution in [0.2, 0.25) is 0 Å². The first-order valence-electron chi connectivity index (χ1n) is 10.5. The van der Waals surface area contributed by atoms with Crippen LogP contribution < -0.4 is 5.32 Å². The van der Waals surface area contributed by atoms with Gasteiger partial charge in [-0.1, -0.05) is 69.3 Å². The first kappa shape index (κ1) is 22.0. The molecule has 1 aliphatic carbocycles. The summed E-state index contributed by atoms with van der Waals surface area (Å²) in [5, 5.41) is 14.9. The molecule has 0 radical (unpaired) electrons. The third-order valence-corrected chi connectivity index (χ3v) is 6.86. The lowest BCUT2D eigenvalue weighted by Gasteiger charge is -2.17. The number of carbonyl (C=O) groups is 2. The summed E-state index contributed by atoms with van der Waals surface area (Å²) >= 11 is 1.50. The lowest BCUT2D eigenvalue weighted by Crippen LogP contribution is -2.43. The van der Waals surface area contributed by atoms with Crippen LogP contribution in [0.3, 0.4) is 0 Å². The van der Waals surface area contributed by atoms with Crippen molar-refractivity contribution >= 4 is 23.4 Å². The molecule has 32 heavy (non-hydrogen) atoms. The predicted octanol–water partition coefficient (Wildman–Crippen LogP) is 4.98. The van der Waals surface area contributed by atoms with Gasteiger partial charge in [-0.2, -0.15) is 0 Å². The summed E-state index contributed by atoms with van der Waals surface area (Å²) < 4.78 is 5.49. The Morgan fingerprint density at radius 1 is 1.09 bits per heavy atom. The van der Waals surface area contributed by atoms with E-state index in [0.29, 0.717) is 5.69 Å². The average Bonchev–Trinajstić information content (AvgIpc) is 3.35. The summed E-state index contributed by atoms with van der Waals surface area (Å²) in [4.78, 5) is 28.7. The second kappa shape index (κ2) is 8.74. The summed E-state index contributed by atoms with van der Waals surface area (Å²) in [5.41, 5.74) is 5.02. The van der Waals surface area contributed by atoms with Crippen molar-refractivity contribution in [3.05, 3.63) is 75.7 Å². The van der Waals surface area contributed by atoms with E-state index in [1.165, 1.54) is 11.3 Å². The lowest BCUT2D eigenvalue weighted by molar-refractivity contribution is -0.139. The third kappa shape index (κ3) is 4.53. The number of carboxylic acid groups (broad SMARTS) is 1. The van der Waals surface area contributed by atoms with Crippen LogP contribution in [0, 0.1) is 0 Å². The minimum atomic E-state index is -1.12. The number of fused-ring (bicyclic) bond motifs is 3. The third-order valence-electron chi connectivity index (χ3n) is 5.54. The number of nitrogens with zero attached hydrogens (tertiary/aromatic N) is 1. The van der Waals surface area contributed by atoms with Crippen LogP contribution in [0.15, 0.2) is 53.9 Å². The zero-order chi connectivity index (χ0) is 22.9. The molecule has 6 nitrogen and oxygen atoms in total. The van der Waals surface area contributed by atoms with E-state index in [9.17, 15) is 14.7 Å². The van der Waals surface area contributed by atoms with Crippen LogP contribution in [0.4, 0.5) is 4.79 Å². The van der Waals surface area contributed by atoms with Gasteiger partial charge in [0.1, 0.15) is 12.6 Å². The van der Waals surface area contributed by atoms with E-state index in [2.05, 4.69) is 43.2 Å². The van der Waals surface area contributed by atoms with Crippen LogP contribution in [-0.2, 0) is 21.4 Å². The van der Waals surface area contributed by atoms with Gasteiger partial charge in [0, 0.05) is 23.1 Å². The largest absolute Gasteiger partial charge is 0.480 e. The topological polar surface area (TPSA) is 88.5 Å².